The number of amides is 1. The molecule has 1 atom stereocenters. The van der Waals surface area contributed by atoms with Gasteiger partial charge in [-0.15, -0.1) is 10.2 Å². The lowest BCUT2D eigenvalue weighted by Gasteiger charge is -2.09. The van der Waals surface area contributed by atoms with E-state index in [0.29, 0.717) is 18.3 Å². The Balaban J connectivity index is 1.34. The molecule has 3 rings (SSSR count). The molecule has 1 unspecified atom stereocenters. The number of aromatic nitrogens is 2. The molecule has 110 valence electrons. The van der Waals surface area contributed by atoms with Gasteiger partial charge in [-0.3, -0.25) is 4.79 Å². The van der Waals surface area contributed by atoms with Gasteiger partial charge >= 0.3 is 0 Å². The lowest BCUT2D eigenvalue weighted by Crippen LogP contribution is -2.32. The van der Waals surface area contributed by atoms with E-state index in [2.05, 4.69) is 20.8 Å². The third-order valence-corrected chi connectivity index (χ3v) is 5.18. The molecule has 1 amide bonds. The molecule has 1 aromatic rings. The SMILES string of the molecule is O=C(CSc1nnc(NC2CC2)s1)NCC1CCCO1. The number of carbonyl (C=O) groups excluding carboxylic acids is 1. The van der Waals surface area contributed by atoms with Gasteiger partial charge in [-0.2, -0.15) is 0 Å². The van der Waals surface area contributed by atoms with Crippen molar-refractivity contribution in [1.82, 2.24) is 15.5 Å². The maximum absolute atomic E-state index is 11.7. The fourth-order valence-electron chi connectivity index (χ4n) is 1.94. The van der Waals surface area contributed by atoms with Crippen LogP contribution >= 0.6 is 23.1 Å². The van der Waals surface area contributed by atoms with Crippen LogP contribution in [0.4, 0.5) is 5.13 Å². The monoisotopic (exact) mass is 314 g/mol. The highest BCUT2D eigenvalue weighted by Crippen LogP contribution is 2.30. The second kappa shape index (κ2) is 6.73. The minimum Gasteiger partial charge on any atom is -0.376 e. The average molecular weight is 314 g/mol. The topological polar surface area (TPSA) is 76.1 Å². The number of nitrogens with one attached hydrogen (secondary N) is 2. The Kier molecular flexibility index (Phi) is 4.74. The fraction of sp³-hybridized carbons (Fsp3) is 0.750. The molecule has 0 aromatic carbocycles. The van der Waals surface area contributed by atoms with E-state index in [0.717, 1.165) is 28.9 Å². The summed E-state index contributed by atoms with van der Waals surface area (Å²) in [5.41, 5.74) is 0. The Hall–Kier alpha value is -0.860. The van der Waals surface area contributed by atoms with Crippen LogP contribution in [0.5, 0.6) is 0 Å². The molecule has 2 fully saturated rings. The van der Waals surface area contributed by atoms with Gasteiger partial charge in [0.05, 0.1) is 11.9 Å². The van der Waals surface area contributed by atoms with Crippen molar-refractivity contribution >= 4 is 34.1 Å². The summed E-state index contributed by atoms with van der Waals surface area (Å²) in [4.78, 5) is 11.7. The summed E-state index contributed by atoms with van der Waals surface area (Å²) in [6.45, 7) is 1.43. The number of thioether (sulfide) groups is 1. The zero-order valence-electron chi connectivity index (χ0n) is 11.1. The van der Waals surface area contributed by atoms with Crippen LogP contribution in [-0.2, 0) is 9.53 Å². The van der Waals surface area contributed by atoms with Gasteiger partial charge in [0.2, 0.25) is 11.0 Å². The molecule has 1 aliphatic heterocycles. The van der Waals surface area contributed by atoms with E-state index >= 15 is 0 Å². The van der Waals surface area contributed by atoms with Crippen molar-refractivity contribution < 1.29 is 9.53 Å². The van der Waals surface area contributed by atoms with Crippen molar-refractivity contribution in [2.45, 2.75) is 42.2 Å². The van der Waals surface area contributed by atoms with Gasteiger partial charge in [0.25, 0.3) is 0 Å². The summed E-state index contributed by atoms with van der Waals surface area (Å²) in [6, 6.07) is 0.579. The van der Waals surface area contributed by atoms with E-state index < -0.39 is 0 Å². The molecule has 0 bridgehead atoms. The maximum Gasteiger partial charge on any atom is 0.230 e. The largest absolute Gasteiger partial charge is 0.376 e. The van der Waals surface area contributed by atoms with E-state index in [1.54, 1.807) is 0 Å². The highest BCUT2D eigenvalue weighted by Gasteiger charge is 2.22. The third-order valence-electron chi connectivity index (χ3n) is 3.19. The molecule has 1 aromatic heterocycles. The summed E-state index contributed by atoms with van der Waals surface area (Å²) in [5, 5.41) is 15.2. The Morgan fingerprint density at radius 3 is 3.05 bits per heavy atom. The van der Waals surface area contributed by atoms with Crippen LogP contribution < -0.4 is 10.6 Å². The number of hydrogen-bond donors (Lipinski definition) is 2. The van der Waals surface area contributed by atoms with Crippen molar-refractivity contribution in [2.75, 3.05) is 24.2 Å². The van der Waals surface area contributed by atoms with Gasteiger partial charge in [-0.05, 0) is 25.7 Å². The molecule has 1 saturated carbocycles. The molecule has 2 heterocycles. The van der Waals surface area contributed by atoms with E-state index in [9.17, 15) is 4.79 Å². The Bertz CT molecular complexity index is 458. The minimum absolute atomic E-state index is 0.0254. The van der Waals surface area contributed by atoms with Gasteiger partial charge in [0, 0.05) is 19.2 Å². The number of carbonyl (C=O) groups is 1. The first-order valence-corrected chi connectivity index (χ1v) is 8.71. The molecule has 2 aliphatic rings. The first-order valence-electron chi connectivity index (χ1n) is 6.91. The van der Waals surface area contributed by atoms with E-state index in [1.165, 1.54) is 35.9 Å². The van der Waals surface area contributed by atoms with Crippen molar-refractivity contribution in [3.8, 4) is 0 Å². The second-order valence-corrected chi connectivity index (χ2v) is 7.22. The smallest absolute Gasteiger partial charge is 0.230 e. The number of anilines is 1. The molecule has 0 radical (unpaired) electrons. The van der Waals surface area contributed by atoms with Crippen LogP contribution in [-0.4, -0.2) is 47.2 Å². The molecule has 1 saturated heterocycles. The molecular formula is C12H18N4O2S2. The summed E-state index contributed by atoms with van der Waals surface area (Å²) in [6.07, 6.45) is 4.76. The molecule has 8 heteroatoms. The molecule has 6 nitrogen and oxygen atoms in total. The second-order valence-electron chi connectivity index (χ2n) is 5.02. The Labute approximate surface area is 126 Å². The first-order chi connectivity index (χ1) is 9.79. The molecule has 20 heavy (non-hydrogen) atoms. The number of rotatable bonds is 7. The zero-order chi connectivity index (χ0) is 13.8. The maximum atomic E-state index is 11.7. The van der Waals surface area contributed by atoms with Gasteiger partial charge in [-0.1, -0.05) is 23.1 Å². The summed E-state index contributed by atoms with van der Waals surface area (Å²) in [5.74, 6) is 0.405. The van der Waals surface area contributed by atoms with Crippen LogP contribution in [0.15, 0.2) is 4.34 Å². The van der Waals surface area contributed by atoms with Gasteiger partial charge in [-0.25, -0.2) is 0 Å². The van der Waals surface area contributed by atoms with E-state index in [1.807, 2.05) is 0 Å². The van der Waals surface area contributed by atoms with Crippen LogP contribution in [0.3, 0.4) is 0 Å². The number of hydrogen-bond acceptors (Lipinski definition) is 7. The predicted molar refractivity (Wildman–Crippen MR) is 79.3 cm³/mol. The number of nitrogens with zero attached hydrogens (tertiary/aromatic N) is 2. The van der Waals surface area contributed by atoms with Crippen molar-refractivity contribution in [1.29, 1.82) is 0 Å². The normalized spacial score (nSPS) is 21.9. The van der Waals surface area contributed by atoms with E-state index in [-0.39, 0.29) is 12.0 Å². The number of ether oxygens (including phenoxy) is 1. The first kappa shape index (κ1) is 14.1. The highest BCUT2D eigenvalue weighted by molar-refractivity contribution is 8.01. The highest BCUT2D eigenvalue weighted by atomic mass is 32.2. The molecule has 0 spiro atoms. The standard InChI is InChI=1S/C12H18N4O2S2/c17-10(13-6-9-2-1-5-18-9)7-19-12-16-15-11(20-12)14-8-3-4-8/h8-9H,1-7H2,(H,13,17)(H,14,15). The van der Waals surface area contributed by atoms with Crippen LogP contribution in [0, 0.1) is 0 Å². The molecule has 1 aliphatic carbocycles. The predicted octanol–water partition coefficient (Wildman–Crippen LogP) is 1.50. The van der Waals surface area contributed by atoms with Gasteiger partial charge in [0.15, 0.2) is 4.34 Å². The molecular weight excluding hydrogens is 296 g/mol. The zero-order valence-corrected chi connectivity index (χ0v) is 12.8. The van der Waals surface area contributed by atoms with Gasteiger partial charge < -0.3 is 15.4 Å². The van der Waals surface area contributed by atoms with Crippen molar-refractivity contribution in [2.24, 2.45) is 0 Å². The summed E-state index contributed by atoms with van der Waals surface area (Å²) in [7, 11) is 0. The summed E-state index contributed by atoms with van der Waals surface area (Å²) >= 11 is 2.94. The average Bonchev–Trinajstić information content (AvgIpc) is 2.93. The fourth-order valence-corrected chi connectivity index (χ4v) is 3.60. The van der Waals surface area contributed by atoms with Crippen LogP contribution in [0.1, 0.15) is 25.7 Å². The van der Waals surface area contributed by atoms with Crippen molar-refractivity contribution in [3.63, 3.8) is 0 Å². The molecule has 2 N–H and O–H groups in total. The quantitative estimate of drug-likeness (QED) is 0.743. The van der Waals surface area contributed by atoms with Crippen LogP contribution in [0.2, 0.25) is 0 Å². The van der Waals surface area contributed by atoms with Crippen LogP contribution in [0.25, 0.3) is 0 Å². The third kappa shape index (κ3) is 4.32. The lowest BCUT2D eigenvalue weighted by atomic mass is 10.2. The Morgan fingerprint density at radius 1 is 1.40 bits per heavy atom. The van der Waals surface area contributed by atoms with E-state index in [4.69, 9.17) is 4.74 Å². The lowest BCUT2D eigenvalue weighted by molar-refractivity contribution is -0.119. The Morgan fingerprint density at radius 2 is 2.30 bits per heavy atom. The van der Waals surface area contributed by atoms with Crippen molar-refractivity contribution in [3.05, 3.63) is 0 Å². The summed E-state index contributed by atoms with van der Waals surface area (Å²) < 4.78 is 6.30. The minimum atomic E-state index is 0.0254. The van der Waals surface area contributed by atoms with Gasteiger partial charge in [0.1, 0.15) is 0 Å².